The van der Waals surface area contributed by atoms with Crippen molar-refractivity contribution in [3.05, 3.63) is 109 Å². The minimum Gasteiger partial charge on any atom is -0.288 e. The van der Waals surface area contributed by atoms with E-state index in [9.17, 15) is 23.3 Å². The van der Waals surface area contributed by atoms with Crippen LogP contribution in [0.15, 0.2) is 81.2 Å². The molecule has 0 aliphatic rings. The average molecular weight is 486 g/mol. The highest BCUT2D eigenvalue weighted by Gasteiger charge is 2.25. The van der Waals surface area contributed by atoms with Crippen LogP contribution in [0.4, 0.5) is 0 Å². The topological polar surface area (TPSA) is 102 Å². The van der Waals surface area contributed by atoms with Gasteiger partial charge in [-0.2, -0.15) is 5.26 Å². The van der Waals surface area contributed by atoms with Crippen LogP contribution in [0.3, 0.4) is 0 Å². The average Bonchev–Trinajstić information content (AvgIpc) is 2.77. The first-order chi connectivity index (χ1) is 15.2. The van der Waals surface area contributed by atoms with Crippen LogP contribution in [-0.4, -0.2) is 17.0 Å². The number of benzene rings is 3. The number of aromatic nitrogens is 2. The second kappa shape index (κ2) is 8.28. The van der Waals surface area contributed by atoms with Crippen molar-refractivity contribution in [3.8, 4) is 6.07 Å². The van der Waals surface area contributed by atoms with Crippen molar-refractivity contribution in [2.75, 3.05) is 0 Å². The lowest BCUT2D eigenvalue weighted by molar-refractivity contribution is 0.577. The van der Waals surface area contributed by atoms with Crippen molar-refractivity contribution < 1.29 is 8.42 Å². The Morgan fingerprint density at radius 3 is 2.25 bits per heavy atom. The van der Waals surface area contributed by atoms with Crippen LogP contribution in [0.1, 0.15) is 11.1 Å². The lowest BCUT2D eigenvalue weighted by Crippen LogP contribution is -2.44. The molecule has 3 aromatic carbocycles. The van der Waals surface area contributed by atoms with Crippen LogP contribution in [0, 0.1) is 11.3 Å². The van der Waals surface area contributed by atoms with Crippen molar-refractivity contribution in [2.24, 2.45) is 0 Å². The fourth-order valence-electron chi connectivity index (χ4n) is 3.33. The smallest absolute Gasteiger partial charge is 0.288 e. The lowest BCUT2D eigenvalue weighted by Gasteiger charge is -2.15. The van der Waals surface area contributed by atoms with Crippen molar-refractivity contribution in [1.29, 1.82) is 5.26 Å². The summed E-state index contributed by atoms with van der Waals surface area (Å²) < 4.78 is 27.8. The molecule has 0 unspecified atom stereocenters. The Morgan fingerprint density at radius 2 is 1.56 bits per heavy atom. The standard InChI is InChI=1S/C22H13Cl2N3O4S/c23-16-5-8-18(9-6-16)32(30,31)27-21(28)19-10-7-17(24)11-20(19)26(22(27)29)13-15-4-2-1-3-14(15)12-25/h1-11H,13H2. The van der Waals surface area contributed by atoms with Crippen molar-refractivity contribution in [1.82, 2.24) is 8.54 Å². The van der Waals surface area contributed by atoms with Gasteiger partial charge in [-0.25, -0.2) is 13.2 Å². The molecule has 32 heavy (non-hydrogen) atoms. The molecule has 0 saturated carbocycles. The van der Waals surface area contributed by atoms with E-state index in [1.165, 1.54) is 42.5 Å². The van der Waals surface area contributed by atoms with E-state index in [0.717, 1.165) is 4.57 Å². The third-order valence-corrected chi connectivity index (χ3v) is 7.05. The summed E-state index contributed by atoms with van der Waals surface area (Å²) in [6.07, 6.45) is 0. The molecule has 0 saturated heterocycles. The maximum absolute atomic E-state index is 13.4. The molecule has 10 heteroatoms. The maximum atomic E-state index is 13.4. The van der Waals surface area contributed by atoms with Gasteiger partial charge in [0.25, 0.3) is 15.6 Å². The molecule has 4 aromatic rings. The minimum absolute atomic E-state index is 0.0130. The third kappa shape index (κ3) is 3.71. The summed E-state index contributed by atoms with van der Waals surface area (Å²) in [4.78, 5) is 26.3. The highest BCUT2D eigenvalue weighted by Crippen LogP contribution is 2.20. The van der Waals surface area contributed by atoms with Gasteiger partial charge in [-0.05, 0) is 54.1 Å². The Kier molecular flexibility index (Phi) is 5.65. The Bertz CT molecular complexity index is 1630. The van der Waals surface area contributed by atoms with E-state index in [0.29, 0.717) is 16.1 Å². The summed E-state index contributed by atoms with van der Waals surface area (Å²) in [6.45, 7) is -0.143. The van der Waals surface area contributed by atoms with Crippen molar-refractivity contribution in [2.45, 2.75) is 11.4 Å². The highest BCUT2D eigenvalue weighted by atomic mass is 35.5. The number of nitriles is 1. The molecule has 0 fully saturated rings. The molecule has 1 aromatic heterocycles. The number of fused-ring (bicyclic) bond motifs is 1. The van der Waals surface area contributed by atoms with E-state index < -0.39 is 21.3 Å². The molecule has 0 bridgehead atoms. The zero-order valence-corrected chi connectivity index (χ0v) is 18.5. The fourth-order valence-corrected chi connectivity index (χ4v) is 4.94. The van der Waals surface area contributed by atoms with E-state index in [4.69, 9.17) is 23.2 Å². The van der Waals surface area contributed by atoms with Gasteiger partial charge in [-0.1, -0.05) is 41.4 Å². The molecule has 0 atom stereocenters. The van der Waals surface area contributed by atoms with Gasteiger partial charge in [0.05, 0.1) is 34.0 Å². The van der Waals surface area contributed by atoms with Crippen LogP contribution in [0.25, 0.3) is 10.9 Å². The summed E-state index contributed by atoms with van der Waals surface area (Å²) in [7, 11) is -4.53. The van der Waals surface area contributed by atoms with Gasteiger partial charge in [-0.3, -0.25) is 9.36 Å². The monoisotopic (exact) mass is 485 g/mol. The zero-order chi connectivity index (χ0) is 23.0. The zero-order valence-electron chi connectivity index (χ0n) is 16.2. The Hall–Kier alpha value is -3.38. The number of rotatable bonds is 4. The molecule has 1 heterocycles. The molecule has 160 valence electrons. The molecule has 4 rings (SSSR count). The van der Waals surface area contributed by atoms with Gasteiger partial charge in [-0.15, -0.1) is 3.97 Å². The Labute approximate surface area is 192 Å². The predicted molar refractivity (Wildman–Crippen MR) is 122 cm³/mol. The summed E-state index contributed by atoms with van der Waals surface area (Å²) >= 11 is 11.9. The van der Waals surface area contributed by atoms with Crippen molar-refractivity contribution in [3.63, 3.8) is 0 Å². The van der Waals surface area contributed by atoms with Gasteiger partial charge in [0.2, 0.25) is 0 Å². The van der Waals surface area contributed by atoms with Crippen LogP contribution in [0.5, 0.6) is 0 Å². The number of nitrogens with zero attached hydrogens (tertiary/aromatic N) is 3. The first-order valence-electron chi connectivity index (χ1n) is 9.18. The minimum atomic E-state index is -4.53. The van der Waals surface area contributed by atoms with Gasteiger partial charge in [0.15, 0.2) is 0 Å². The van der Waals surface area contributed by atoms with Gasteiger partial charge in [0, 0.05) is 10.0 Å². The molecule has 7 nitrogen and oxygen atoms in total. The largest absolute Gasteiger partial charge is 0.346 e. The SMILES string of the molecule is N#Cc1ccccc1Cn1c(=O)n(S(=O)(=O)c2ccc(Cl)cc2)c(=O)c2ccc(Cl)cc21. The summed E-state index contributed by atoms with van der Waals surface area (Å²) in [6, 6.07) is 18.0. The first-order valence-corrected chi connectivity index (χ1v) is 11.4. The van der Waals surface area contributed by atoms with Gasteiger partial charge >= 0.3 is 5.69 Å². The quantitative estimate of drug-likeness (QED) is 0.439. The maximum Gasteiger partial charge on any atom is 0.346 e. The van der Waals surface area contributed by atoms with Crippen LogP contribution in [-0.2, 0) is 16.6 Å². The lowest BCUT2D eigenvalue weighted by atomic mass is 10.1. The Morgan fingerprint density at radius 1 is 0.906 bits per heavy atom. The highest BCUT2D eigenvalue weighted by molar-refractivity contribution is 7.90. The first kappa shape index (κ1) is 21.8. The summed E-state index contributed by atoms with van der Waals surface area (Å²) in [5.74, 6) is 0. The number of hydrogen-bond donors (Lipinski definition) is 0. The summed E-state index contributed by atoms with van der Waals surface area (Å²) in [5.41, 5.74) is -1.13. The molecule has 0 amide bonds. The van der Waals surface area contributed by atoms with Gasteiger partial charge < -0.3 is 0 Å². The molecule has 0 aliphatic heterocycles. The van der Waals surface area contributed by atoms with Crippen molar-refractivity contribution >= 4 is 44.1 Å². The Balaban J connectivity index is 2.07. The van der Waals surface area contributed by atoms with E-state index >= 15 is 0 Å². The van der Waals surface area contributed by atoms with Crippen LogP contribution < -0.4 is 11.2 Å². The third-order valence-electron chi connectivity index (χ3n) is 4.89. The van der Waals surface area contributed by atoms with Gasteiger partial charge in [0.1, 0.15) is 0 Å². The molecular weight excluding hydrogens is 473 g/mol. The predicted octanol–water partition coefficient (Wildman–Crippen LogP) is 3.63. The molecule has 0 aliphatic carbocycles. The van der Waals surface area contributed by atoms with E-state index in [2.05, 4.69) is 0 Å². The van der Waals surface area contributed by atoms with E-state index in [-0.39, 0.29) is 31.3 Å². The second-order valence-corrected chi connectivity index (χ2v) is 9.49. The van der Waals surface area contributed by atoms with E-state index in [1.807, 2.05) is 6.07 Å². The molecule has 0 spiro atoms. The second-order valence-electron chi connectivity index (χ2n) is 6.83. The van der Waals surface area contributed by atoms with Crippen LogP contribution >= 0.6 is 23.2 Å². The molecule has 0 radical (unpaired) electrons. The van der Waals surface area contributed by atoms with Crippen LogP contribution in [0.2, 0.25) is 10.0 Å². The molecule has 0 N–H and O–H groups in total. The number of halogens is 2. The molecular formula is C22H13Cl2N3O4S. The summed E-state index contributed by atoms with van der Waals surface area (Å²) in [5, 5.41) is 9.95. The fraction of sp³-hybridized carbons (Fsp3) is 0.0455. The van der Waals surface area contributed by atoms with E-state index in [1.54, 1.807) is 24.3 Å². The normalized spacial score (nSPS) is 11.4. The number of hydrogen-bond acceptors (Lipinski definition) is 5.